The highest BCUT2D eigenvalue weighted by molar-refractivity contribution is 5.75. The molecule has 1 fully saturated rings. The van der Waals surface area contributed by atoms with Crippen LogP contribution >= 0.6 is 0 Å². The van der Waals surface area contributed by atoms with Crippen molar-refractivity contribution in [1.29, 1.82) is 0 Å². The molecule has 2 heterocycles. The van der Waals surface area contributed by atoms with Crippen LogP contribution in [0, 0.1) is 23.7 Å². The van der Waals surface area contributed by atoms with E-state index in [1.807, 2.05) is 40.7 Å². The lowest BCUT2D eigenvalue weighted by molar-refractivity contribution is -0.202. The third-order valence-electron chi connectivity index (χ3n) is 15.2. The number of nitrogens with two attached hydrogens (primary N) is 2. The fourth-order valence-corrected chi connectivity index (χ4v) is 10.3. The Kier molecular flexibility index (Phi) is 33.7. The van der Waals surface area contributed by atoms with E-state index in [9.17, 15) is 71.2 Å². The molecule has 2 aliphatic heterocycles. The summed E-state index contributed by atoms with van der Waals surface area (Å²) < 4.78 is 17.7. The lowest BCUT2D eigenvalue weighted by atomic mass is 9.84. The van der Waals surface area contributed by atoms with E-state index in [4.69, 9.17) is 25.7 Å². The van der Waals surface area contributed by atoms with Gasteiger partial charge in [0, 0.05) is 24.8 Å². The Morgan fingerprint density at radius 1 is 0.733 bits per heavy atom. The number of rotatable bonds is 12. The van der Waals surface area contributed by atoms with Crippen molar-refractivity contribution in [3.63, 3.8) is 0 Å². The van der Waals surface area contributed by atoms with Gasteiger partial charge in [-0.15, -0.1) is 0 Å². The SMILES string of the molecule is CCCC[C@@H]1C(=O)O[C@@H]([C@H](C)[C@H](O)CCCN=C(N)N)[C@H](C)/C=C(\C)CCCC[C@@H](O)C[C@@H](O)C[C@H](O)C[C@@H](O)C[C@H](O)[C@@H](O[C@H]2O[C@H](CO)[C@@H](O)[C@@H]2O)/C=C(\C)[C@H](O)CCC[C@H](O)CCC[C@H](O)CC[C@@H](C)[C@H]1O. The Bertz CT molecular complexity index is 1640. The molecule has 75 heavy (non-hydrogen) atoms. The van der Waals surface area contributed by atoms with Gasteiger partial charge in [-0.25, -0.2) is 0 Å². The Hall–Kier alpha value is -2.38. The Balaban J connectivity index is 2.34. The number of aliphatic imine (C=N–C) groups is 1. The van der Waals surface area contributed by atoms with Crippen molar-refractivity contribution in [3.05, 3.63) is 23.3 Å². The van der Waals surface area contributed by atoms with Crippen LogP contribution < -0.4 is 11.5 Å². The second kappa shape index (κ2) is 36.7. The van der Waals surface area contributed by atoms with Gasteiger partial charge in [0.15, 0.2) is 12.2 Å². The highest BCUT2D eigenvalue weighted by atomic mass is 16.7. The van der Waals surface area contributed by atoms with Crippen LogP contribution in [0.5, 0.6) is 0 Å². The molecule has 20 atom stereocenters. The van der Waals surface area contributed by atoms with Crippen molar-refractivity contribution < 1.29 is 85.4 Å². The van der Waals surface area contributed by atoms with Crippen molar-refractivity contribution in [2.75, 3.05) is 13.2 Å². The van der Waals surface area contributed by atoms with Crippen LogP contribution in [-0.4, -0.2) is 189 Å². The Labute approximate surface area is 446 Å². The average Bonchev–Trinajstić information content (AvgIpc) is 3.61. The predicted octanol–water partition coefficient (Wildman–Crippen LogP) is 2.25. The minimum atomic E-state index is -1.59. The van der Waals surface area contributed by atoms with Gasteiger partial charge in [0.1, 0.15) is 30.5 Å². The summed E-state index contributed by atoms with van der Waals surface area (Å²) in [5, 5.41) is 141. The first kappa shape index (κ1) is 68.7. The fourth-order valence-electron chi connectivity index (χ4n) is 10.3. The average molecular weight is 1080 g/mol. The molecule has 20 heteroatoms. The predicted molar refractivity (Wildman–Crippen MR) is 284 cm³/mol. The molecule has 2 rings (SSSR count). The summed E-state index contributed by atoms with van der Waals surface area (Å²) in [6.07, 6.45) is -7.42. The molecule has 0 bridgehead atoms. The number of carbonyl (C=O) groups is 1. The summed E-state index contributed by atoms with van der Waals surface area (Å²) >= 11 is 0. The summed E-state index contributed by atoms with van der Waals surface area (Å²) in [6, 6.07) is 0. The molecule has 20 nitrogen and oxygen atoms in total. The maximum atomic E-state index is 14.2. The van der Waals surface area contributed by atoms with E-state index in [1.54, 1.807) is 6.92 Å². The molecule has 0 aliphatic carbocycles. The smallest absolute Gasteiger partial charge is 0.311 e. The second-order valence-electron chi connectivity index (χ2n) is 22.2. The third-order valence-corrected chi connectivity index (χ3v) is 15.2. The summed E-state index contributed by atoms with van der Waals surface area (Å²) in [5.41, 5.74) is 12.4. The number of aliphatic hydroxyl groups excluding tert-OH is 13. The van der Waals surface area contributed by atoms with E-state index in [0.29, 0.717) is 108 Å². The van der Waals surface area contributed by atoms with E-state index in [-0.39, 0.29) is 49.9 Å². The van der Waals surface area contributed by atoms with Crippen LogP contribution in [0.25, 0.3) is 0 Å². The molecule has 1 saturated heterocycles. The summed E-state index contributed by atoms with van der Waals surface area (Å²) in [7, 11) is 0. The number of guanidine groups is 1. The summed E-state index contributed by atoms with van der Waals surface area (Å²) in [4.78, 5) is 18.2. The number of nitrogens with zero attached hydrogens (tertiary/aromatic N) is 1. The van der Waals surface area contributed by atoms with Crippen LogP contribution in [-0.2, 0) is 19.0 Å². The molecule has 0 unspecified atom stereocenters. The molecule has 0 radical (unpaired) electrons. The van der Waals surface area contributed by atoms with Gasteiger partial charge in [-0.3, -0.25) is 9.79 Å². The largest absolute Gasteiger partial charge is 0.461 e. The first-order valence-electron chi connectivity index (χ1n) is 28.1. The molecule has 440 valence electrons. The third kappa shape index (κ3) is 26.4. The van der Waals surface area contributed by atoms with Crippen molar-refractivity contribution in [3.8, 4) is 0 Å². The van der Waals surface area contributed by atoms with Gasteiger partial charge in [0.25, 0.3) is 0 Å². The number of esters is 1. The molecule has 0 aromatic heterocycles. The first-order valence-corrected chi connectivity index (χ1v) is 28.1. The van der Waals surface area contributed by atoms with Gasteiger partial charge in [0.05, 0.1) is 73.6 Å². The van der Waals surface area contributed by atoms with Crippen molar-refractivity contribution in [1.82, 2.24) is 0 Å². The number of cyclic esters (lactones) is 1. The lowest BCUT2D eigenvalue weighted by Crippen LogP contribution is -2.42. The first-order chi connectivity index (χ1) is 35.4. The maximum Gasteiger partial charge on any atom is 0.311 e. The number of ether oxygens (including phenoxy) is 3. The van der Waals surface area contributed by atoms with E-state index in [2.05, 4.69) is 4.99 Å². The lowest BCUT2D eigenvalue weighted by Gasteiger charge is -2.34. The van der Waals surface area contributed by atoms with Crippen molar-refractivity contribution in [2.45, 2.75) is 274 Å². The van der Waals surface area contributed by atoms with E-state index < -0.39 is 122 Å². The molecule has 0 spiro atoms. The number of allylic oxidation sites excluding steroid dienone is 1. The molecule has 0 amide bonds. The highest BCUT2D eigenvalue weighted by Gasteiger charge is 2.45. The van der Waals surface area contributed by atoms with Crippen molar-refractivity contribution in [2.24, 2.45) is 40.1 Å². The molecule has 0 aromatic carbocycles. The Morgan fingerprint density at radius 2 is 1.32 bits per heavy atom. The second-order valence-corrected chi connectivity index (χ2v) is 22.2. The molecular weight excluding hydrogens is 975 g/mol. The molecule has 2 aliphatic rings. The van der Waals surface area contributed by atoms with Crippen LogP contribution in [0.3, 0.4) is 0 Å². The number of carbonyl (C=O) groups excluding carboxylic acids is 1. The minimum Gasteiger partial charge on any atom is -0.461 e. The van der Waals surface area contributed by atoms with Gasteiger partial charge < -0.3 is 92.1 Å². The zero-order valence-corrected chi connectivity index (χ0v) is 46.0. The summed E-state index contributed by atoms with van der Waals surface area (Å²) in [6.45, 7) is 10.9. The zero-order chi connectivity index (χ0) is 56.4. The van der Waals surface area contributed by atoms with Gasteiger partial charge >= 0.3 is 5.97 Å². The van der Waals surface area contributed by atoms with E-state index in [1.165, 1.54) is 6.08 Å². The molecular formula is C55H103N3O17. The monoisotopic (exact) mass is 1080 g/mol. The van der Waals surface area contributed by atoms with E-state index >= 15 is 0 Å². The topological polar surface area (TPSA) is 372 Å². The molecule has 17 N–H and O–H groups in total. The molecule has 0 saturated carbocycles. The number of hydrogen-bond donors (Lipinski definition) is 15. The van der Waals surface area contributed by atoms with Crippen molar-refractivity contribution >= 4 is 11.9 Å². The Morgan fingerprint density at radius 3 is 1.92 bits per heavy atom. The maximum absolute atomic E-state index is 14.2. The fraction of sp³-hybridized carbons (Fsp3) is 0.891. The number of unbranched alkanes of at least 4 members (excludes halogenated alkanes) is 1. The summed E-state index contributed by atoms with van der Waals surface area (Å²) in [5.74, 6) is -2.64. The van der Waals surface area contributed by atoms with Crippen LogP contribution in [0.2, 0.25) is 0 Å². The number of aliphatic hydroxyl groups is 13. The van der Waals surface area contributed by atoms with Gasteiger partial charge in [0.2, 0.25) is 0 Å². The van der Waals surface area contributed by atoms with Crippen LogP contribution in [0.1, 0.15) is 176 Å². The van der Waals surface area contributed by atoms with Gasteiger partial charge in [-0.05, 0) is 134 Å². The number of hydrogen-bond acceptors (Lipinski definition) is 18. The van der Waals surface area contributed by atoms with Crippen LogP contribution in [0.4, 0.5) is 0 Å². The quantitative estimate of drug-likeness (QED) is 0.0438. The molecule has 0 aromatic rings. The van der Waals surface area contributed by atoms with E-state index in [0.717, 1.165) is 12.0 Å². The zero-order valence-electron chi connectivity index (χ0n) is 46.0. The minimum absolute atomic E-state index is 0.0266. The highest BCUT2D eigenvalue weighted by Crippen LogP contribution is 2.32. The normalized spacial score (nSPS) is 38.7. The van der Waals surface area contributed by atoms with Gasteiger partial charge in [-0.1, -0.05) is 64.7 Å². The van der Waals surface area contributed by atoms with Crippen LogP contribution in [0.15, 0.2) is 28.3 Å². The van der Waals surface area contributed by atoms with Gasteiger partial charge in [-0.2, -0.15) is 0 Å². The standard InChI is InChI=1S/C55H103N3O17/c1-7-8-19-43-49(69)33(3)22-23-38(61)17-11-16-37(60)18-12-20-44(66)34(4)26-47(73-54-51(71)50(70)48(31-59)74-54)46(68)30-42(65)29-41(64)28-40(63)27-39(62)15-10-9-14-32(2)25-35(5)52(75-53(43)72)36(6)45(67)21-13-24-58-55(56)57/h25-26,33,35-52,54,59-71H,7-24,27-31H2,1-6H3,(H4,56,57,58)/b32-25+,34-26+/t33-,35-,36-,37-,38+,39-,40-,41+,42-,43+,44-,45-,46+,47+,48-,49-,50-,51+,52-,54+/m1/s1.